The Hall–Kier alpha value is -3.31. The smallest absolute Gasteiger partial charge is 0.131 e. The van der Waals surface area contributed by atoms with Crippen molar-refractivity contribution in [1.29, 1.82) is 0 Å². The van der Waals surface area contributed by atoms with Gasteiger partial charge in [0.15, 0.2) is 0 Å². The van der Waals surface area contributed by atoms with Crippen LogP contribution >= 0.6 is 0 Å². The molecular formula is C30H30O2. The fraction of sp³-hybridized carbons (Fsp3) is 0.300. The van der Waals surface area contributed by atoms with E-state index in [1.165, 1.54) is 33.4 Å². The topological polar surface area (TPSA) is 26.3 Å². The standard InChI is InChI=1S/C30H30O2/c1-5-8-23(17-22(4)31)24-13-15-29-26(18-24)14-16-28(32-29)25-11-7-12-27(19-25)30-20(2)9-6-10-21(30)3/h6-7,9-13,15,18-19,23,28H,14,16-17H2,1-4H3. The predicted octanol–water partition coefficient (Wildman–Crippen LogP) is 7.12. The lowest BCUT2D eigenvalue weighted by Crippen LogP contribution is -2.16. The molecule has 2 nitrogen and oxygen atoms in total. The molecule has 3 aromatic rings. The summed E-state index contributed by atoms with van der Waals surface area (Å²) in [4.78, 5) is 11.7. The van der Waals surface area contributed by atoms with E-state index in [0.717, 1.165) is 24.2 Å². The second kappa shape index (κ2) is 9.45. The van der Waals surface area contributed by atoms with Gasteiger partial charge in [-0.1, -0.05) is 54.5 Å². The van der Waals surface area contributed by atoms with Gasteiger partial charge in [0.2, 0.25) is 0 Å². The van der Waals surface area contributed by atoms with Gasteiger partial charge in [0, 0.05) is 6.42 Å². The van der Waals surface area contributed by atoms with Crippen molar-refractivity contribution in [2.75, 3.05) is 0 Å². The van der Waals surface area contributed by atoms with Crippen LogP contribution in [0.4, 0.5) is 0 Å². The van der Waals surface area contributed by atoms with Crippen LogP contribution in [0.15, 0.2) is 60.7 Å². The first-order chi connectivity index (χ1) is 15.5. The van der Waals surface area contributed by atoms with Crippen molar-refractivity contribution in [2.45, 2.75) is 59.0 Å². The van der Waals surface area contributed by atoms with Gasteiger partial charge in [0.05, 0.1) is 5.92 Å². The average Bonchev–Trinajstić information content (AvgIpc) is 2.78. The van der Waals surface area contributed by atoms with Crippen LogP contribution < -0.4 is 4.74 Å². The highest BCUT2D eigenvalue weighted by Gasteiger charge is 2.23. The van der Waals surface area contributed by atoms with E-state index in [-0.39, 0.29) is 17.8 Å². The van der Waals surface area contributed by atoms with Gasteiger partial charge in [0.1, 0.15) is 17.6 Å². The lowest BCUT2D eigenvalue weighted by atomic mass is 9.89. The summed E-state index contributed by atoms with van der Waals surface area (Å²) in [7, 11) is 0. The summed E-state index contributed by atoms with van der Waals surface area (Å²) in [6.45, 7) is 7.79. The number of fused-ring (bicyclic) bond motifs is 1. The fourth-order valence-corrected chi connectivity index (χ4v) is 4.74. The maximum Gasteiger partial charge on any atom is 0.131 e. The van der Waals surface area contributed by atoms with Crippen molar-refractivity contribution in [3.8, 4) is 28.7 Å². The molecule has 1 aliphatic rings. The molecule has 0 saturated carbocycles. The summed E-state index contributed by atoms with van der Waals surface area (Å²) in [5, 5.41) is 0. The lowest BCUT2D eigenvalue weighted by Gasteiger charge is -2.28. The van der Waals surface area contributed by atoms with E-state index >= 15 is 0 Å². The Balaban J connectivity index is 1.59. The molecule has 2 unspecified atom stereocenters. The third-order valence-electron chi connectivity index (χ3n) is 6.27. The van der Waals surface area contributed by atoms with E-state index in [2.05, 4.69) is 86.4 Å². The number of aryl methyl sites for hydroxylation is 3. The van der Waals surface area contributed by atoms with Crippen molar-refractivity contribution in [3.05, 3.63) is 88.5 Å². The Morgan fingerprint density at radius 3 is 2.53 bits per heavy atom. The fourth-order valence-electron chi connectivity index (χ4n) is 4.74. The van der Waals surface area contributed by atoms with E-state index in [9.17, 15) is 4.79 Å². The minimum Gasteiger partial charge on any atom is -0.485 e. The molecule has 0 radical (unpaired) electrons. The number of ether oxygens (including phenoxy) is 1. The van der Waals surface area contributed by atoms with Crippen LogP contribution in [0.1, 0.15) is 66.5 Å². The van der Waals surface area contributed by atoms with Crippen LogP contribution in [0.5, 0.6) is 5.75 Å². The number of rotatable bonds is 5. The molecule has 0 spiro atoms. The van der Waals surface area contributed by atoms with Gasteiger partial charge in [-0.2, -0.15) is 0 Å². The van der Waals surface area contributed by atoms with Crippen LogP contribution in [-0.2, 0) is 11.2 Å². The molecule has 0 N–H and O–H groups in total. The molecule has 0 saturated heterocycles. The van der Waals surface area contributed by atoms with Crippen LogP contribution in [-0.4, -0.2) is 5.78 Å². The first kappa shape index (κ1) is 21.9. The van der Waals surface area contributed by atoms with E-state index in [0.29, 0.717) is 6.42 Å². The molecule has 1 aliphatic heterocycles. The van der Waals surface area contributed by atoms with Crippen molar-refractivity contribution in [1.82, 2.24) is 0 Å². The zero-order valence-corrected chi connectivity index (χ0v) is 19.4. The van der Waals surface area contributed by atoms with Crippen molar-refractivity contribution in [2.24, 2.45) is 0 Å². The summed E-state index contributed by atoms with van der Waals surface area (Å²) in [6.07, 6.45) is 2.38. The molecule has 0 amide bonds. The Morgan fingerprint density at radius 1 is 1.06 bits per heavy atom. The van der Waals surface area contributed by atoms with Gasteiger partial charge in [-0.3, -0.25) is 4.79 Å². The van der Waals surface area contributed by atoms with Crippen LogP contribution in [0.3, 0.4) is 0 Å². The molecule has 162 valence electrons. The number of benzene rings is 3. The molecule has 3 aromatic carbocycles. The van der Waals surface area contributed by atoms with E-state index < -0.39 is 0 Å². The van der Waals surface area contributed by atoms with Crippen molar-refractivity contribution < 1.29 is 9.53 Å². The highest BCUT2D eigenvalue weighted by molar-refractivity contribution is 5.77. The van der Waals surface area contributed by atoms with Crippen molar-refractivity contribution >= 4 is 5.78 Å². The van der Waals surface area contributed by atoms with E-state index in [4.69, 9.17) is 4.74 Å². The van der Waals surface area contributed by atoms with Gasteiger partial charge in [-0.05, 0) is 91.6 Å². The van der Waals surface area contributed by atoms with Crippen LogP contribution in [0, 0.1) is 25.7 Å². The normalized spacial score (nSPS) is 15.7. The summed E-state index contributed by atoms with van der Waals surface area (Å²) >= 11 is 0. The number of carbonyl (C=O) groups excluding carboxylic acids is 1. The largest absolute Gasteiger partial charge is 0.485 e. The first-order valence-electron chi connectivity index (χ1n) is 11.3. The molecule has 32 heavy (non-hydrogen) atoms. The molecule has 2 heteroatoms. The number of Topliss-reactive ketones (excluding diaryl/α,β-unsaturated/α-hetero) is 1. The van der Waals surface area contributed by atoms with Gasteiger partial charge in [0.25, 0.3) is 0 Å². The minimum absolute atomic E-state index is 0.0427. The Morgan fingerprint density at radius 2 is 1.81 bits per heavy atom. The zero-order chi connectivity index (χ0) is 22.7. The van der Waals surface area contributed by atoms with Gasteiger partial charge >= 0.3 is 0 Å². The predicted molar refractivity (Wildman–Crippen MR) is 131 cm³/mol. The number of ketones is 1. The third-order valence-corrected chi connectivity index (χ3v) is 6.27. The maximum atomic E-state index is 11.7. The molecule has 0 bridgehead atoms. The second-order valence-corrected chi connectivity index (χ2v) is 8.76. The lowest BCUT2D eigenvalue weighted by molar-refractivity contribution is -0.117. The van der Waals surface area contributed by atoms with Crippen LogP contribution in [0.25, 0.3) is 11.1 Å². The van der Waals surface area contributed by atoms with Crippen molar-refractivity contribution in [3.63, 3.8) is 0 Å². The van der Waals surface area contributed by atoms with E-state index in [1.54, 1.807) is 6.92 Å². The first-order valence-corrected chi connectivity index (χ1v) is 11.3. The molecule has 1 heterocycles. The SMILES string of the molecule is CC#CC(CC(C)=O)c1ccc2c(c1)CCC(c1cccc(-c3c(C)cccc3C)c1)O2. The summed E-state index contributed by atoms with van der Waals surface area (Å²) in [5.74, 6) is 7.22. The maximum absolute atomic E-state index is 11.7. The Kier molecular flexibility index (Phi) is 6.47. The quantitative estimate of drug-likeness (QED) is 0.409. The highest BCUT2D eigenvalue weighted by atomic mass is 16.5. The molecule has 0 aliphatic carbocycles. The number of carbonyl (C=O) groups is 1. The highest BCUT2D eigenvalue weighted by Crippen LogP contribution is 2.38. The summed E-state index contributed by atoms with van der Waals surface area (Å²) < 4.78 is 6.44. The third kappa shape index (κ3) is 4.63. The number of hydrogen-bond donors (Lipinski definition) is 0. The van der Waals surface area contributed by atoms with Gasteiger partial charge in [-0.15, -0.1) is 5.92 Å². The monoisotopic (exact) mass is 422 g/mol. The van der Waals surface area contributed by atoms with Gasteiger partial charge in [-0.25, -0.2) is 0 Å². The summed E-state index contributed by atoms with van der Waals surface area (Å²) in [6, 6.07) is 21.5. The van der Waals surface area contributed by atoms with Crippen LogP contribution in [0.2, 0.25) is 0 Å². The van der Waals surface area contributed by atoms with E-state index in [1.807, 2.05) is 6.92 Å². The minimum atomic E-state index is -0.0467. The molecule has 4 rings (SSSR count). The summed E-state index contributed by atoms with van der Waals surface area (Å²) in [5.41, 5.74) is 8.66. The number of hydrogen-bond acceptors (Lipinski definition) is 2. The molecule has 0 fully saturated rings. The molecule has 0 aromatic heterocycles. The average molecular weight is 423 g/mol. The Bertz CT molecular complexity index is 1190. The molecule has 2 atom stereocenters. The molecular weight excluding hydrogens is 392 g/mol. The zero-order valence-electron chi connectivity index (χ0n) is 19.4. The Labute approximate surface area is 191 Å². The second-order valence-electron chi connectivity index (χ2n) is 8.76. The van der Waals surface area contributed by atoms with Gasteiger partial charge < -0.3 is 4.74 Å².